The number of hydrogen-bond donors (Lipinski definition) is 0. The molecule has 0 fully saturated rings. The SMILES string of the molecule is CC.Cc1ccc2c(ccc(=O)n2ON=[N+]=[N-])c1. The van der Waals surface area contributed by atoms with Crippen molar-refractivity contribution < 1.29 is 4.94 Å². The van der Waals surface area contributed by atoms with Crippen molar-refractivity contribution in [2.24, 2.45) is 5.28 Å². The fourth-order valence-electron chi connectivity index (χ4n) is 1.48. The van der Waals surface area contributed by atoms with Crippen molar-refractivity contribution in [2.75, 3.05) is 0 Å². The van der Waals surface area contributed by atoms with Crippen LogP contribution in [-0.4, -0.2) is 4.73 Å². The summed E-state index contributed by atoms with van der Waals surface area (Å²) in [4.78, 5) is 18.6. The van der Waals surface area contributed by atoms with E-state index in [2.05, 4.69) is 15.1 Å². The first-order valence-corrected chi connectivity index (χ1v) is 5.57. The van der Waals surface area contributed by atoms with Gasteiger partial charge in [-0.25, -0.2) is 0 Å². The fourth-order valence-corrected chi connectivity index (χ4v) is 1.48. The number of aromatic nitrogens is 1. The normalized spacial score (nSPS) is 9.06. The van der Waals surface area contributed by atoms with Crippen molar-refractivity contribution in [1.29, 1.82) is 0 Å². The van der Waals surface area contributed by atoms with Crippen molar-refractivity contribution in [3.05, 3.63) is 56.7 Å². The average Bonchev–Trinajstić information content (AvgIpc) is 2.40. The van der Waals surface area contributed by atoms with E-state index in [9.17, 15) is 4.79 Å². The van der Waals surface area contributed by atoms with E-state index in [0.29, 0.717) is 5.52 Å². The number of fused-ring (bicyclic) bond motifs is 1. The highest BCUT2D eigenvalue weighted by molar-refractivity contribution is 5.79. The van der Waals surface area contributed by atoms with Crippen LogP contribution in [0.3, 0.4) is 0 Å². The molecule has 1 aromatic carbocycles. The molecule has 0 spiro atoms. The fraction of sp³-hybridized carbons (Fsp3) is 0.250. The van der Waals surface area contributed by atoms with Crippen LogP contribution < -0.4 is 10.5 Å². The van der Waals surface area contributed by atoms with Crippen LogP contribution in [0.25, 0.3) is 21.3 Å². The van der Waals surface area contributed by atoms with Crippen LogP contribution in [0.4, 0.5) is 0 Å². The molecule has 2 rings (SSSR count). The Morgan fingerprint density at radius 2 is 2.00 bits per heavy atom. The molecule has 6 heteroatoms. The van der Waals surface area contributed by atoms with Gasteiger partial charge >= 0.3 is 0 Å². The molecule has 6 nitrogen and oxygen atoms in total. The molecule has 1 aromatic heterocycles. The van der Waals surface area contributed by atoms with Gasteiger partial charge in [0, 0.05) is 16.4 Å². The molecule has 0 saturated carbocycles. The average molecular weight is 246 g/mol. The summed E-state index contributed by atoms with van der Waals surface area (Å²) in [5, 5.41) is 3.76. The van der Waals surface area contributed by atoms with E-state index in [1.54, 1.807) is 12.1 Å². The van der Waals surface area contributed by atoms with Crippen molar-refractivity contribution in [2.45, 2.75) is 20.8 Å². The maximum absolute atomic E-state index is 11.5. The minimum atomic E-state index is -0.385. The van der Waals surface area contributed by atoms with Crippen molar-refractivity contribution >= 4 is 10.9 Å². The number of azide groups is 1. The summed E-state index contributed by atoms with van der Waals surface area (Å²) in [5.41, 5.74) is 9.40. The molecule has 18 heavy (non-hydrogen) atoms. The van der Waals surface area contributed by atoms with Crippen molar-refractivity contribution in [3.8, 4) is 0 Å². The topological polar surface area (TPSA) is 80.0 Å². The van der Waals surface area contributed by atoms with Gasteiger partial charge in [0.1, 0.15) is 5.28 Å². The van der Waals surface area contributed by atoms with Crippen LogP contribution >= 0.6 is 0 Å². The standard InChI is InChI=1S/C10H8N4O2.C2H6/c1-7-2-4-9-8(6-7)3-5-10(15)14(9)16-13-12-11;1-2/h2-6H,1H3;1-2H3. The molecule has 0 aliphatic heterocycles. The van der Waals surface area contributed by atoms with Gasteiger partial charge < -0.3 is 0 Å². The van der Waals surface area contributed by atoms with Gasteiger partial charge in [-0.05, 0) is 30.7 Å². The summed E-state index contributed by atoms with van der Waals surface area (Å²) in [6.07, 6.45) is 0. The largest absolute Gasteiger partial charge is 0.296 e. The zero-order valence-corrected chi connectivity index (χ0v) is 10.5. The summed E-state index contributed by atoms with van der Waals surface area (Å²) in [5.74, 6) is 0. The van der Waals surface area contributed by atoms with Crippen LogP contribution in [0.5, 0.6) is 0 Å². The molecule has 0 amide bonds. The minimum Gasteiger partial charge on any atom is -0.296 e. The first-order valence-electron chi connectivity index (χ1n) is 5.57. The molecule has 0 unspecified atom stereocenters. The van der Waals surface area contributed by atoms with Crippen LogP contribution in [-0.2, 0) is 0 Å². The summed E-state index contributed by atoms with van der Waals surface area (Å²) < 4.78 is 0.953. The van der Waals surface area contributed by atoms with E-state index in [1.165, 1.54) is 6.07 Å². The molecule has 0 aliphatic carbocycles. The highest BCUT2D eigenvalue weighted by Crippen LogP contribution is 2.12. The highest BCUT2D eigenvalue weighted by atomic mass is 16.8. The van der Waals surface area contributed by atoms with E-state index in [0.717, 1.165) is 15.7 Å². The van der Waals surface area contributed by atoms with Gasteiger partial charge in [0.2, 0.25) is 0 Å². The third-order valence-electron chi connectivity index (χ3n) is 2.16. The first-order chi connectivity index (χ1) is 8.72. The van der Waals surface area contributed by atoms with Gasteiger partial charge in [0.15, 0.2) is 0 Å². The maximum Gasteiger partial charge on any atom is 0.284 e. The monoisotopic (exact) mass is 246 g/mol. The number of nitrogens with zero attached hydrogens (tertiary/aromatic N) is 4. The number of rotatable bonds is 2. The Morgan fingerprint density at radius 1 is 1.28 bits per heavy atom. The van der Waals surface area contributed by atoms with Gasteiger partial charge in [-0.15, -0.1) is 4.73 Å². The highest BCUT2D eigenvalue weighted by Gasteiger charge is 2.03. The zero-order chi connectivity index (χ0) is 13.5. The van der Waals surface area contributed by atoms with Gasteiger partial charge in [0.05, 0.1) is 5.52 Å². The third kappa shape index (κ3) is 2.81. The predicted molar refractivity (Wildman–Crippen MR) is 70.0 cm³/mol. The second kappa shape index (κ2) is 6.32. The molecule has 0 N–H and O–H groups in total. The van der Waals surface area contributed by atoms with Crippen molar-refractivity contribution in [3.63, 3.8) is 0 Å². The summed E-state index contributed by atoms with van der Waals surface area (Å²) in [6.45, 7) is 5.95. The lowest BCUT2D eigenvalue weighted by molar-refractivity contribution is 0.115. The molecule has 0 saturated heterocycles. The first kappa shape index (κ1) is 13.6. The van der Waals surface area contributed by atoms with E-state index >= 15 is 0 Å². The molecule has 0 bridgehead atoms. The smallest absolute Gasteiger partial charge is 0.284 e. The molecule has 0 atom stereocenters. The Kier molecular flexibility index (Phi) is 4.78. The molecule has 0 radical (unpaired) electrons. The van der Waals surface area contributed by atoms with Gasteiger partial charge in [0.25, 0.3) is 5.56 Å². The van der Waals surface area contributed by atoms with E-state index in [4.69, 9.17) is 5.53 Å². The number of benzene rings is 1. The summed E-state index contributed by atoms with van der Waals surface area (Å²) in [7, 11) is 0. The van der Waals surface area contributed by atoms with Crippen LogP contribution in [0.1, 0.15) is 19.4 Å². The lowest BCUT2D eigenvalue weighted by Crippen LogP contribution is -2.23. The molecule has 94 valence electrons. The molecule has 1 heterocycles. The lowest BCUT2D eigenvalue weighted by atomic mass is 10.1. The molecular formula is C12H14N4O2. The van der Waals surface area contributed by atoms with Gasteiger partial charge in [-0.2, -0.15) is 0 Å². The van der Waals surface area contributed by atoms with Crippen LogP contribution in [0.15, 0.2) is 40.4 Å². The van der Waals surface area contributed by atoms with Gasteiger partial charge in [-0.3, -0.25) is 9.73 Å². The molecule has 0 aliphatic rings. The third-order valence-corrected chi connectivity index (χ3v) is 2.16. The molecule has 2 aromatic rings. The summed E-state index contributed by atoms with van der Waals surface area (Å²) in [6, 6.07) is 8.54. The van der Waals surface area contributed by atoms with E-state index in [1.807, 2.05) is 32.9 Å². The quantitative estimate of drug-likeness (QED) is 0.353. The second-order valence-electron chi connectivity index (χ2n) is 3.28. The van der Waals surface area contributed by atoms with Crippen LogP contribution in [0, 0.1) is 6.92 Å². The number of aryl methyl sites for hydroxylation is 1. The second-order valence-corrected chi connectivity index (χ2v) is 3.28. The predicted octanol–water partition coefficient (Wildman–Crippen LogP) is 2.99. The summed E-state index contributed by atoms with van der Waals surface area (Å²) >= 11 is 0. The lowest BCUT2D eigenvalue weighted by Gasteiger charge is -2.06. The Morgan fingerprint density at radius 3 is 2.67 bits per heavy atom. The van der Waals surface area contributed by atoms with E-state index < -0.39 is 0 Å². The Bertz CT molecular complexity index is 642. The number of hydrogen-bond acceptors (Lipinski definition) is 3. The Balaban J connectivity index is 0.000000771. The van der Waals surface area contributed by atoms with Gasteiger partial charge in [-0.1, -0.05) is 25.5 Å². The van der Waals surface area contributed by atoms with Crippen molar-refractivity contribution in [1.82, 2.24) is 4.73 Å². The van der Waals surface area contributed by atoms with Crippen LogP contribution in [0.2, 0.25) is 0 Å². The Labute approximate surface area is 104 Å². The van der Waals surface area contributed by atoms with E-state index in [-0.39, 0.29) is 5.56 Å². The molecular weight excluding hydrogens is 232 g/mol. The Hall–Kier alpha value is -2.46. The number of pyridine rings is 1. The zero-order valence-electron chi connectivity index (χ0n) is 10.5. The maximum atomic E-state index is 11.5. The minimum absolute atomic E-state index is 0.385.